The second kappa shape index (κ2) is 3.13. The van der Waals surface area contributed by atoms with Crippen LogP contribution in [0.5, 0.6) is 0 Å². The summed E-state index contributed by atoms with van der Waals surface area (Å²) in [6, 6.07) is 7.89. The lowest BCUT2D eigenvalue weighted by molar-refractivity contribution is 1.30. The fourth-order valence-corrected chi connectivity index (χ4v) is 1.08. The molecule has 0 aliphatic heterocycles. The first kappa shape index (κ1) is 6.98. The molecule has 0 radical (unpaired) electrons. The first-order valence-corrected chi connectivity index (χ1v) is 3.77. The van der Waals surface area contributed by atoms with Gasteiger partial charge in [-0.15, -0.1) is 0 Å². The van der Waals surface area contributed by atoms with E-state index in [2.05, 4.69) is 9.97 Å². The van der Waals surface area contributed by atoms with E-state index in [-0.39, 0.29) is 0 Å². The van der Waals surface area contributed by atoms with Crippen LogP contribution >= 0.6 is 0 Å². The maximum atomic E-state index is 4.04. The maximum Gasteiger partial charge on any atom is 0.0346 e. The highest BCUT2D eigenvalue weighted by Gasteiger charge is 1.93. The quantitative estimate of drug-likeness (QED) is 0.632. The Balaban J connectivity index is 2.46. The van der Waals surface area contributed by atoms with Crippen molar-refractivity contribution in [3.05, 3.63) is 49.1 Å². The van der Waals surface area contributed by atoms with Crippen molar-refractivity contribution in [3.8, 4) is 11.1 Å². The van der Waals surface area contributed by atoms with Gasteiger partial charge in [-0.25, -0.2) is 0 Å². The number of pyridine rings is 2. The van der Waals surface area contributed by atoms with E-state index in [9.17, 15) is 0 Å². The largest absolute Gasteiger partial charge is 0.265 e. The molecular formula is C10H8N2. The SMILES string of the molecule is c1cncc(-c2ccncc2)c1. The van der Waals surface area contributed by atoms with Crippen molar-refractivity contribution in [1.82, 2.24) is 9.97 Å². The molecule has 58 valence electrons. The molecule has 0 saturated heterocycles. The van der Waals surface area contributed by atoms with E-state index in [1.807, 2.05) is 30.5 Å². The lowest BCUT2D eigenvalue weighted by Gasteiger charge is -1.97. The number of rotatable bonds is 1. The molecule has 0 bridgehead atoms. The van der Waals surface area contributed by atoms with Crippen molar-refractivity contribution >= 4 is 0 Å². The highest BCUT2D eigenvalue weighted by molar-refractivity contribution is 5.61. The fourth-order valence-electron chi connectivity index (χ4n) is 1.08. The molecule has 2 aromatic heterocycles. The second-order valence-corrected chi connectivity index (χ2v) is 2.48. The Labute approximate surface area is 70.9 Å². The van der Waals surface area contributed by atoms with E-state index < -0.39 is 0 Å². The van der Waals surface area contributed by atoms with Crippen molar-refractivity contribution in [3.63, 3.8) is 0 Å². The zero-order valence-corrected chi connectivity index (χ0v) is 6.51. The van der Waals surface area contributed by atoms with Gasteiger partial charge in [0.25, 0.3) is 0 Å². The van der Waals surface area contributed by atoms with E-state index in [0.29, 0.717) is 0 Å². The zero-order valence-electron chi connectivity index (χ0n) is 6.51. The molecule has 0 aromatic carbocycles. The van der Waals surface area contributed by atoms with Gasteiger partial charge in [-0.2, -0.15) is 0 Å². The Hall–Kier alpha value is -1.70. The Kier molecular flexibility index (Phi) is 1.82. The average Bonchev–Trinajstić information content (AvgIpc) is 2.21. The van der Waals surface area contributed by atoms with Crippen molar-refractivity contribution in [2.45, 2.75) is 0 Å². The molecule has 2 heteroatoms. The fraction of sp³-hybridized carbons (Fsp3) is 0. The molecule has 0 aliphatic carbocycles. The summed E-state index contributed by atoms with van der Waals surface area (Å²) in [4.78, 5) is 7.99. The molecule has 2 aromatic rings. The van der Waals surface area contributed by atoms with Gasteiger partial charge in [0.05, 0.1) is 0 Å². The molecule has 0 saturated carbocycles. The molecule has 0 unspecified atom stereocenters. The summed E-state index contributed by atoms with van der Waals surface area (Å²) >= 11 is 0. The van der Waals surface area contributed by atoms with Crippen LogP contribution in [0.3, 0.4) is 0 Å². The summed E-state index contributed by atoms with van der Waals surface area (Å²) in [5.41, 5.74) is 2.28. The molecule has 0 fully saturated rings. The topological polar surface area (TPSA) is 25.8 Å². The Bertz CT molecular complexity index is 305. The first-order chi connectivity index (χ1) is 5.97. The number of hydrogen-bond donors (Lipinski definition) is 0. The summed E-state index contributed by atoms with van der Waals surface area (Å²) in [5.74, 6) is 0. The van der Waals surface area contributed by atoms with Gasteiger partial charge < -0.3 is 0 Å². The second-order valence-electron chi connectivity index (χ2n) is 2.48. The highest BCUT2D eigenvalue weighted by atomic mass is 14.6. The Morgan fingerprint density at radius 1 is 0.750 bits per heavy atom. The third-order valence-corrected chi connectivity index (χ3v) is 1.68. The summed E-state index contributed by atoms with van der Waals surface area (Å²) in [6.07, 6.45) is 7.17. The van der Waals surface area contributed by atoms with Crippen LogP contribution in [-0.2, 0) is 0 Å². The standard InChI is InChI=1S/C10H8N2/c1-2-10(8-12-5-1)9-3-6-11-7-4-9/h1-8H. The van der Waals surface area contributed by atoms with Gasteiger partial charge >= 0.3 is 0 Å². The van der Waals surface area contributed by atoms with Crippen LogP contribution < -0.4 is 0 Å². The average molecular weight is 156 g/mol. The van der Waals surface area contributed by atoms with Crippen molar-refractivity contribution < 1.29 is 0 Å². The maximum absolute atomic E-state index is 4.04. The van der Waals surface area contributed by atoms with Crippen LogP contribution in [0.1, 0.15) is 0 Å². The molecular weight excluding hydrogens is 148 g/mol. The van der Waals surface area contributed by atoms with Crippen LogP contribution in [0.15, 0.2) is 49.1 Å². The highest BCUT2D eigenvalue weighted by Crippen LogP contribution is 2.15. The molecule has 0 amide bonds. The van der Waals surface area contributed by atoms with Gasteiger partial charge in [-0.1, -0.05) is 6.07 Å². The van der Waals surface area contributed by atoms with Gasteiger partial charge in [0.1, 0.15) is 0 Å². The monoisotopic (exact) mass is 156 g/mol. The molecule has 0 atom stereocenters. The lowest BCUT2D eigenvalue weighted by Crippen LogP contribution is -1.78. The number of hydrogen-bond acceptors (Lipinski definition) is 2. The van der Waals surface area contributed by atoms with Crippen molar-refractivity contribution in [1.29, 1.82) is 0 Å². The van der Waals surface area contributed by atoms with Crippen molar-refractivity contribution in [2.75, 3.05) is 0 Å². The van der Waals surface area contributed by atoms with E-state index in [4.69, 9.17) is 0 Å². The predicted octanol–water partition coefficient (Wildman–Crippen LogP) is 2.14. The number of nitrogens with zero attached hydrogens (tertiary/aromatic N) is 2. The normalized spacial score (nSPS) is 9.67. The minimum atomic E-state index is 1.12. The van der Waals surface area contributed by atoms with Crippen LogP contribution in [0.2, 0.25) is 0 Å². The predicted molar refractivity (Wildman–Crippen MR) is 47.5 cm³/mol. The minimum absolute atomic E-state index is 1.12. The van der Waals surface area contributed by atoms with Gasteiger partial charge in [0.15, 0.2) is 0 Å². The van der Waals surface area contributed by atoms with Crippen LogP contribution in [0.25, 0.3) is 11.1 Å². The third-order valence-electron chi connectivity index (χ3n) is 1.68. The van der Waals surface area contributed by atoms with Crippen LogP contribution in [0, 0.1) is 0 Å². The van der Waals surface area contributed by atoms with Crippen LogP contribution in [-0.4, -0.2) is 9.97 Å². The summed E-state index contributed by atoms with van der Waals surface area (Å²) in [7, 11) is 0. The summed E-state index contributed by atoms with van der Waals surface area (Å²) in [5, 5.41) is 0. The minimum Gasteiger partial charge on any atom is -0.265 e. The Morgan fingerprint density at radius 2 is 1.58 bits per heavy atom. The van der Waals surface area contributed by atoms with Crippen molar-refractivity contribution in [2.24, 2.45) is 0 Å². The molecule has 2 heterocycles. The van der Waals surface area contributed by atoms with Crippen LogP contribution in [0.4, 0.5) is 0 Å². The zero-order chi connectivity index (χ0) is 8.23. The first-order valence-electron chi connectivity index (χ1n) is 3.77. The van der Waals surface area contributed by atoms with Gasteiger partial charge in [0.2, 0.25) is 0 Å². The molecule has 0 aliphatic rings. The molecule has 2 rings (SSSR count). The smallest absolute Gasteiger partial charge is 0.0346 e. The molecule has 2 nitrogen and oxygen atoms in total. The summed E-state index contributed by atoms with van der Waals surface area (Å²) in [6.45, 7) is 0. The van der Waals surface area contributed by atoms with E-state index in [1.54, 1.807) is 18.6 Å². The van der Waals surface area contributed by atoms with Gasteiger partial charge in [-0.05, 0) is 23.8 Å². The summed E-state index contributed by atoms with van der Waals surface area (Å²) < 4.78 is 0. The Morgan fingerprint density at radius 3 is 2.25 bits per heavy atom. The van der Waals surface area contributed by atoms with E-state index in [0.717, 1.165) is 11.1 Å². The lowest BCUT2D eigenvalue weighted by atomic mass is 10.1. The molecule has 0 N–H and O–H groups in total. The van der Waals surface area contributed by atoms with Gasteiger partial charge in [0, 0.05) is 30.4 Å². The molecule has 0 spiro atoms. The van der Waals surface area contributed by atoms with E-state index >= 15 is 0 Å². The third kappa shape index (κ3) is 1.32. The van der Waals surface area contributed by atoms with E-state index in [1.165, 1.54) is 0 Å². The van der Waals surface area contributed by atoms with Gasteiger partial charge in [-0.3, -0.25) is 9.97 Å². The molecule has 12 heavy (non-hydrogen) atoms. The number of aromatic nitrogens is 2.